The van der Waals surface area contributed by atoms with Gasteiger partial charge in [-0.15, -0.1) is 10.2 Å². The van der Waals surface area contributed by atoms with Gasteiger partial charge in [0.2, 0.25) is 5.91 Å². The Balaban J connectivity index is 1.24. The third-order valence-electron chi connectivity index (χ3n) is 5.98. The summed E-state index contributed by atoms with van der Waals surface area (Å²) in [6.45, 7) is 6.57. The Morgan fingerprint density at radius 3 is 2.53 bits per heavy atom. The van der Waals surface area contributed by atoms with Crippen molar-refractivity contribution in [3.63, 3.8) is 0 Å². The zero-order valence-corrected chi connectivity index (χ0v) is 19.5. The van der Waals surface area contributed by atoms with Gasteiger partial charge in [0.05, 0.1) is 0 Å². The van der Waals surface area contributed by atoms with E-state index in [1.807, 2.05) is 30.3 Å². The van der Waals surface area contributed by atoms with Crippen molar-refractivity contribution >= 4 is 23.5 Å². The Labute approximate surface area is 194 Å². The number of hydrogen-bond donors (Lipinski definition) is 1. The average Bonchev–Trinajstić information content (AvgIpc) is 2.83. The molecule has 1 aliphatic rings. The summed E-state index contributed by atoms with van der Waals surface area (Å²) in [4.78, 5) is 16.1. The first kappa shape index (κ1) is 22.3. The van der Waals surface area contributed by atoms with Crippen LogP contribution in [0.25, 0.3) is 0 Å². The molecule has 1 fully saturated rings. The summed E-state index contributed by atoms with van der Waals surface area (Å²) < 4.78 is 0. The monoisotopic (exact) mass is 446 g/mol. The van der Waals surface area contributed by atoms with Crippen molar-refractivity contribution in [2.45, 2.75) is 42.5 Å². The van der Waals surface area contributed by atoms with Gasteiger partial charge >= 0.3 is 0 Å². The van der Waals surface area contributed by atoms with Crippen molar-refractivity contribution in [3.8, 4) is 0 Å². The van der Waals surface area contributed by atoms with E-state index in [4.69, 9.17) is 0 Å². The van der Waals surface area contributed by atoms with Crippen LogP contribution in [0.3, 0.4) is 0 Å². The van der Waals surface area contributed by atoms with Gasteiger partial charge in [-0.2, -0.15) is 0 Å². The molecule has 1 N–H and O–H groups in total. The molecule has 6 heteroatoms. The third-order valence-corrected chi connectivity index (χ3v) is 6.90. The number of rotatable bonds is 7. The second-order valence-corrected chi connectivity index (χ2v) is 9.56. The van der Waals surface area contributed by atoms with E-state index in [2.05, 4.69) is 70.7 Å². The summed E-state index contributed by atoms with van der Waals surface area (Å²) in [5.41, 5.74) is 2.49. The molecule has 0 unspecified atom stereocenters. The van der Waals surface area contributed by atoms with Crippen LogP contribution in [0, 0.1) is 12.8 Å². The van der Waals surface area contributed by atoms with E-state index in [0.717, 1.165) is 36.8 Å². The van der Waals surface area contributed by atoms with Gasteiger partial charge in [0.1, 0.15) is 5.03 Å². The van der Waals surface area contributed by atoms with Gasteiger partial charge in [-0.3, -0.25) is 4.79 Å². The number of carbonyl (C=O) groups is 1. The topological polar surface area (TPSA) is 58.1 Å². The lowest BCUT2D eigenvalue weighted by atomic mass is 9.95. The van der Waals surface area contributed by atoms with Gasteiger partial charge in [-0.05, 0) is 55.5 Å². The molecule has 5 nitrogen and oxygen atoms in total. The summed E-state index contributed by atoms with van der Waals surface area (Å²) in [6.07, 6.45) is 1.68. The van der Waals surface area contributed by atoms with E-state index in [-0.39, 0.29) is 11.8 Å². The molecule has 1 saturated heterocycles. The number of nitrogens with one attached hydrogen (secondary N) is 1. The highest BCUT2D eigenvalue weighted by molar-refractivity contribution is 7.99. The quantitative estimate of drug-likeness (QED) is 0.549. The maximum absolute atomic E-state index is 12.7. The number of carbonyl (C=O) groups excluding carboxylic acids is 1. The first-order valence-corrected chi connectivity index (χ1v) is 12.1. The van der Waals surface area contributed by atoms with E-state index in [1.165, 1.54) is 16.0 Å². The molecule has 0 radical (unpaired) electrons. The smallest absolute Gasteiger partial charge is 0.223 e. The lowest BCUT2D eigenvalue weighted by Crippen LogP contribution is -2.41. The standard InChI is InChI=1S/C26H30N4OS/c1-19-7-6-10-23(17-19)32-25-12-11-24(28-29-25)30-15-13-22(14-16-30)26(31)27-18-20(2)21-8-4-3-5-9-21/h3-12,17,20,22H,13-16,18H2,1-2H3,(H,27,31)/t20-/m0/s1. The maximum Gasteiger partial charge on any atom is 0.223 e. The van der Waals surface area contributed by atoms with Gasteiger partial charge in [-0.1, -0.05) is 66.7 Å². The number of anilines is 1. The molecule has 0 aliphatic carbocycles. The van der Waals surface area contributed by atoms with Crippen LogP contribution in [-0.4, -0.2) is 35.7 Å². The second-order valence-electron chi connectivity index (χ2n) is 8.47. The predicted molar refractivity (Wildman–Crippen MR) is 130 cm³/mol. The molecule has 2 aromatic carbocycles. The summed E-state index contributed by atoms with van der Waals surface area (Å²) in [5, 5.41) is 12.9. The predicted octanol–water partition coefficient (Wildman–Crippen LogP) is 5.07. The molecule has 166 valence electrons. The van der Waals surface area contributed by atoms with Crippen molar-refractivity contribution in [2.75, 3.05) is 24.5 Å². The number of nitrogens with zero attached hydrogens (tertiary/aromatic N) is 3. The Kier molecular flexibility index (Phi) is 7.43. The zero-order chi connectivity index (χ0) is 22.3. The second kappa shape index (κ2) is 10.6. The minimum absolute atomic E-state index is 0.0679. The van der Waals surface area contributed by atoms with Gasteiger partial charge in [0.25, 0.3) is 0 Å². The lowest BCUT2D eigenvalue weighted by Gasteiger charge is -2.32. The minimum atomic E-state index is 0.0679. The highest BCUT2D eigenvalue weighted by Gasteiger charge is 2.26. The van der Waals surface area contributed by atoms with Gasteiger partial charge in [-0.25, -0.2) is 0 Å². The largest absolute Gasteiger partial charge is 0.355 e. The van der Waals surface area contributed by atoms with Crippen LogP contribution in [0.5, 0.6) is 0 Å². The number of hydrogen-bond acceptors (Lipinski definition) is 5. The summed E-state index contributed by atoms with van der Waals surface area (Å²) in [5.74, 6) is 1.43. The Hall–Kier alpha value is -2.86. The summed E-state index contributed by atoms with van der Waals surface area (Å²) >= 11 is 1.62. The summed E-state index contributed by atoms with van der Waals surface area (Å²) in [7, 11) is 0. The normalized spacial score (nSPS) is 15.4. The molecular weight excluding hydrogens is 416 g/mol. The molecule has 0 saturated carbocycles. The van der Waals surface area contributed by atoms with Crippen molar-refractivity contribution in [1.82, 2.24) is 15.5 Å². The van der Waals surface area contributed by atoms with E-state index in [9.17, 15) is 4.79 Å². The third kappa shape index (κ3) is 5.88. The van der Waals surface area contributed by atoms with E-state index < -0.39 is 0 Å². The van der Waals surface area contributed by atoms with Crippen LogP contribution < -0.4 is 10.2 Å². The molecule has 0 spiro atoms. The minimum Gasteiger partial charge on any atom is -0.355 e. The van der Waals surface area contributed by atoms with E-state index >= 15 is 0 Å². The number of aryl methyl sites for hydroxylation is 1. The van der Waals surface area contributed by atoms with Crippen molar-refractivity contribution in [1.29, 1.82) is 0 Å². The van der Waals surface area contributed by atoms with Crippen molar-refractivity contribution in [3.05, 3.63) is 77.9 Å². The molecule has 0 bridgehead atoms. The number of aromatic nitrogens is 2. The molecular formula is C26H30N4OS. The molecule has 3 aromatic rings. The maximum atomic E-state index is 12.7. The molecule has 4 rings (SSSR count). The van der Waals surface area contributed by atoms with Crippen LogP contribution >= 0.6 is 11.8 Å². The molecule has 1 aromatic heterocycles. The molecule has 1 aliphatic heterocycles. The fraction of sp³-hybridized carbons (Fsp3) is 0.346. The highest BCUT2D eigenvalue weighted by Crippen LogP contribution is 2.28. The van der Waals surface area contributed by atoms with Gasteiger partial charge in [0, 0.05) is 30.4 Å². The molecule has 1 atom stereocenters. The van der Waals surface area contributed by atoms with Crippen LogP contribution in [-0.2, 0) is 4.79 Å². The summed E-state index contributed by atoms with van der Waals surface area (Å²) in [6, 6.07) is 22.8. The van der Waals surface area contributed by atoms with Crippen LogP contribution in [0.4, 0.5) is 5.82 Å². The molecule has 1 amide bonds. The van der Waals surface area contributed by atoms with Crippen LogP contribution in [0.15, 0.2) is 76.7 Å². The fourth-order valence-electron chi connectivity index (χ4n) is 4.00. The first-order valence-electron chi connectivity index (χ1n) is 11.2. The van der Waals surface area contributed by atoms with E-state index in [1.54, 1.807) is 11.8 Å². The highest BCUT2D eigenvalue weighted by atomic mass is 32.2. The fourth-order valence-corrected chi connectivity index (χ4v) is 4.85. The van der Waals surface area contributed by atoms with Crippen LogP contribution in [0.2, 0.25) is 0 Å². The lowest BCUT2D eigenvalue weighted by molar-refractivity contribution is -0.125. The SMILES string of the molecule is Cc1cccc(Sc2ccc(N3CCC(C(=O)NC[C@H](C)c4ccccc4)CC3)nn2)c1. The number of piperidine rings is 1. The zero-order valence-electron chi connectivity index (χ0n) is 18.7. The number of benzene rings is 2. The Morgan fingerprint density at radius 1 is 1.06 bits per heavy atom. The Morgan fingerprint density at radius 2 is 1.84 bits per heavy atom. The first-order chi connectivity index (χ1) is 15.6. The Bertz CT molecular complexity index is 1020. The van der Waals surface area contributed by atoms with Gasteiger partial charge in [0.15, 0.2) is 5.82 Å². The van der Waals surface area contributed by atoms with Crippen molar-refractivity contribution < 1.29 is 4.79 Å². The van der Waals surface area contributed by atoms with E-state index in [0.29, 0.717) is 12.5 Å². The van der Waals surface area contributed by atoms with Crippen molar-refractivity contribution in [2.24, 2.45) is 5.92 Å². The molecule has 32 heavy (non-hydrogen) atoms. The molecule has 2 heterocycles. The van der Waals surface area contributed by atoms with Crippen LogP contribution in [0.1, 0.15) is 36.8 Å². The van der Waals surface area contributed by atoms with Gasteiger partial charge < -0.3 is 10.2 Å². The number of amides is 1. The average molecular weight is 447 g/mol.